The lowest BCUT2D eigenvalue weighted by Crippen LogP contribution is -2.35. The highest BCUT2D eigenvalue weighted by Crippen LogP contribution is 2.13. The summed E-state index contributed by atoms with van der Waals surface area (Å²) < 4.78 is 7.50. The molecule has 1 heterocycles. The number of hydrogen-bond donors (Lipinski definition) is 1. The van der Waals surface area contributed by atoms with Crippen LogP contribution in [0.5, 0.6) is 0 Å². The number of carbonyl (C=O) groups excluding carboxylic acids is 1. The monoisotopic (exact) mass is 338 g/mol. The summed E-state index contributed by atoms with van der Waals surface area (Å²) in [5.41, 5.74) is 1.11. The Balaban J connectivity index is 2.08. The lowest BCUT2D eigenvalue weighted by Gasteiger charge is -2.10. The Morgan fingerprint density at radius 1 is 1.45 bits per heavy atom. The molecular weight excluding hydrogens is 324 g/mol. The van der Waals surface area contributed by atoms with E-state index in [0.29, 0.717) is 6.61 Å². The summed E-state index contributed by atoms with van der Waals surface area (Å²) in [6, 6.07) is 7.49. The minimum absolute atomic E-state index is 0.0784. The number of amides is 1. The largest absolute Gasteiger partial charge is 0.383 e. The third-order valence-corrected chi connectivity index (χ3v) is 3.14. The number of aromatic nitrogens is 3. The van der Waals surface area contributed by atoms with Crippen LogP contribution in [0.25, 0.3) is 5.69 Å². The van der Waals surface area contributed by atoms with Gasteiger partial charge in [0.15, 0.2) is 5.69 Å². The topological polar surface area (TPSA) is 69.0 Å². The van der Waals surface area contributed by atoms with Crippen molar-refractivity contribution in [1.82, 2.24) is 20.3 Å². The Bertz CT molecular complexity index is 582. The first kappa shape index (κ1) is 14.7. The molecule has 1 aromatic heterocycles. The standard InChI is InChI=1S/C13H15BrN4O2/c1-9(8-20-2)15-13(19)12-7-18(17-16-12)11-5-3-10(14)4-6-11/h3-7,9H,8H2,1-2H3,(H,15,19)/t9-/m0/s1. The minimum Gasteiger partial charge on any atom is -0.383 e. The lowest BCUT2D eigenvalue weighted by atomic mass is 10.3. The maximum Gasteiger partial charge on any atom is 0.273 e. The summed E-state index contributed by atoms with van der Waals surface area (Å²) in [7, 11) is 1.59. The number of nitrogens with one attached hydrogen (secondary N) is 1. The van der Waals surface area contributed by atoms with E-state index in [0.717, 1.165) is 10.2 Å². The summed E-state index contributed by atoms with van der Waals surface area (Å²) in [4.78, 5) is 11.9. The van der Waals surface area contributed by atoms with Crippen molar-refractivity contribution >= 4 is 21.8 Å². The van der Waals surface area contributed by atoms with Gasteiger partial charge in [-0.1, -0.05) is 21.1 Å². The predicted molar refractivity (Wildman–Crippen MR) is 77.9 cm³/mol. The second kappa shape index (κ2) is 6.62. The molecule has 1 amide bonds. The number of nitrogens with zero attached hydrogens (tertiary/aromatic N) is 3. The maximum atomic E-state index is 11.9. The van der Waals surface area contributed by atoms with E-state index in [1.165, 1.54) is 0 Å². The highest BCUT2D eigenvalue weighted by atomic mass is 79.9. The highest BCUT2D eigenvalue weighted by Gasteiger charge is 2.13. The van der Waals surface area contributed by atoms with E-state index in [-0.39, 0.29) is 17.6 Å². The molecule has 20 heavy (non-hydrogen) atoms. The van der Waals surface area contributed by atoms with Crippen LogP contribution in [0, 0.1) is 0 Å². The average Bonchev–Trinajstić information content (AvgIpc) is 2.89. The molecule has 0 bridgehead atoms. The number of benzene rings is 1. The van der Waals surface area contributed by atoms with E-state index < -0.39 is 0 Å². The van der Waals surface area contributed by atoms with Crippen molar-refractivity contribution < 1.29 is 9.53 Å². The molecular formula is C13H15BrN4O2. The van der Waals surface area contributed by atoms with Gasteiger partial charge in [-0.25, -0.2) is 4.68 Å². The van der Waals surface area contributed by atoms with Crippen molar-refractivity contribution in [3.8, 4) is 5.69 Å². The van der Waals surface area contributed by atoms with Crippen LogP contribution in [0.2, 0.25) is 0 Å². The smallest absolute Gasteiger partial charge is 0.273 e. The molecule has 0 aliphatic heterocycles. The van der Waals surface area contributed by atoms with Gasteiger partial charge in [-0.3, -0.25) is 4.79 Å². The normalized spacial score (nSPS) is 12.2. The van der Waals surface area contributed by atoms with Gasteiger partial charge < -0.3 is 10.1 Å². The Morgan fingerprint density at radius 3 is 2.80 bits per heavy atom. The van der Waals surface area contributed by atoms with Crippen LogP contribution in [0.15, 0.2) is 34.9 Å². The fourth-order valence-electron chi connectivity index (χ4n) is 1.68. The number of rotatable bonds is 5. The highest BCUT2D eigenvalue weighted by molar-refractivity contribution is 9.10. The van der Waals surface area contributed by atoms with Crippen molar-refractivity contribution in [3.05, 3.63) is 40.6 Å². The van der Waals surface area contributed by atoms with Crippen LogP contribution in [0.3, 0.4) is 0 Å². The maximum absolute atomic E-state index is 11.9. The fourth-order valence-corrected chi connectivity index (χ4v) is 1.94. The Hall–Kier alpha value is -1.73. The van der Waals surface area contributed by atoms with Crippen LogP contribution in [-0.2, 0) is 4.74 Å². The summed E-state index contributed by atoms with van der Waals surface area (Å²) in [6.07, 6.45) is 1.60. The molecule has 0 saturated carbocycles. The number of ether oxygens (including phenoxy) is 1. The summed E-state index contributed by atoms with van der Waals surface area (Å²) in [5.74, 6) is -0.266. The van der Waals surface area contributed by atoms with Gasteiger partial charge in [-0.15, -0.1) is 5.10 Å². The second-order valence-electron chi connectivity index (χ2n) is 4.35. The molecule has 0 saturated heterocycles. The summed E-state index contributed by atoms with van der Waals surface area (Å²) in [5, 5.41) is 10.6. The van der Waals surface area contributed by atoms with E-state index >= 15 is 0 Å². The van der Waals surface area contributed by atoms with Crippen LogP contribution in [0.1, 0.15) is 17.4 Å². The Morgan fingerprint density at radius 2 is 2.15 bits per heavy atom. The molecule has 7 heteroatoms. The van der Waals surface area contributed by atoms with E-state index in [1.54, 1.807) is 18.0 Å². The molecule has 0 fully saturated rings. The zero-order valence-electron chi connectivity index (χ0n) is 11.2. The molecule has 1 aromatic carbocycles. The van der Waals surface area contributed by atoms with Crippen molar-refractivity contribution in [1.29, 1.82) is 0 Å². The second-order valence-corrected chi connectivity index (χ2v) is 5.27. The first-order valence-electron chi connectivity index (χ1n) is 6.08. The molecule has 0 unspecified atom stereocenters. The van der Waals surface area contributed by atoms with Gasteiger partial charge >= 0.3 is 0 Å². The van der Waals surface area contributed by atoms with Crippen molar-refractivity contribution in [2.75, 3.05) is 13.7 Å². The molecule has 0 aliphatic rings. The Kier molecular flexibility index (Phi) is 4.86. The van der Waals surface area contributed by atoms with Gasteiger partial charge in [0.1, 0.15) is 0 Å². The SMILES string of the molecule is COC[C@H](C)NC(=O)c1cn(-c2ccc(Br)cc2)nn1. The molecule has 6 nitrogen and oxygen atoms in total. The first-order chi connectivity index (χ1) is 9.60. The quantitative estimate of drug-likeness (QED) is 0.902. The van der Waals surface area contributed by atoms with Crippen LogP contribution in [0.4, 0.5) is 0 Å². The minimum atomic E-state index is -0.266. The first-order valence-corrected chi connectivity index (χ1v) is 6.87. The third-order valence-electron chi connectivity index (χ3n) is 2.61. The molecule has 0 spiro atoms. The van der Waals surface area contributed by atoms with E-state index in [2.05, 4.69) is 31.6 Å². The molecule has 2 rings (SSSR count). The molecule has 1 atom stereocenters. The summed E-state index contributed by atoms with van der Waals surface area (Å²) >= 11 is 3.37. The van der Waals surface area contributed by atoms with Gasteiger partial charge in [-0.05, 0) is 31.2 Å². The Labute approximate surface area is 125 Å². The lowest BCUT2D eigenvalue weighted by molar-refractivity contribution is 0.0900. The van der Waals surface area contributed by atoms with Crippen molar-refractivity contribution in [2.24, 2.45) is 0 Å². The van der Waals surface area contributed by atoms with Gasteiger partial charge in [0.25, 0.3) is 5.91 Å². The molecule has 1 N–H and O–H groups in total. The third kappa shape index (κ3) is 3.64. The fraction of sp³-hybridized carbons (Fsp3) is 0.308. The molecule has 2 aromatic rings. The number of hydrogen-bond acceptors (Lipinski definition) is 4. The van der Waals surface area contributed by atoms with E-state index in [1.807, 2.05) is 31.2 Å². The number of methoxy groups -OCH3 is 1. The van der Waals surface area contributed by atoms with Crippen molar-refractivity contribution in [2.45, 2.75) is 13.0 Å². The average molecular weight is 339 g/mol. The molecule has 0 radical (unpaired) electrons. The van der Waals surface area contributed by atoms with E-state index in [4.69, 9.17) is 4.74 Å². The van der Waals surface area contributed by atoms with Gasteiger partial charge in [0.05, 0.1) is 18.5 Å². The van der Waals surface area contributed by atoms with Crippen LogP contribution >= 0.6 is 15.9 Å². The van der Waals surface area contributed by atoms with Crippen molar-refractivity contribution in [3.63, 3.8) is 0 Å². The van der Waals surface area contributed by atoms with Gasteiger partial charge in [0.2, 0.25) is 0 Å². The predicted octanol–water partition coefficient (Wildman–Crippen LogP) is 1.79. The zero-order chi connectivity index (χ0) is 14.5. The number of carbonyl (C=O) groups is 1. The molecule has 106 valence electrons. The van der Waals surface area contributed by atoms with Crippen LogP contribution in [-0.4, -0.2) is 40.7 Å². The van der Waals surface area contributed by atoms with E-state index in [9.17, 15) is 4.79 Å². The van der Waals surface area contributed by atoms with Gasteiger partial charge in [0, 0.05) is 17.6 Å². The van der Waals surface area contributed by atoms with Gasteiger partial charge in [-0.2, -0.15) is 0 Å². The molecule has 0 aliphatic carbocycles. The number of halogens is 1. The van der Waals surface area contributed by atoms with Crippen LogP contribution < -0.4 is 5.32 Å². The zero-order valence-corrected chi connectivity index (χ0v) is 12.8. The summed E-state index contributed by atoms with van der Waals surface area (Å²) in [6.45, 7) is 2.31.